The van der Waals surface area contributed by atoms with Crippen LogP contribution in [0.15, 0.2) is 53.6 Å². The van der Waals surface area contributed by atoms with Gasteiger partial charge >= 0.3 is 0 Å². The second kappa shape index (κ2) is 10.6. The Labute approximate surface area is 176 Å². The molecule has 0 amide bonds. The number of aryl methyl sites for hydroxylation is 1. The molecule has 0 saturated carbocycles. The molecular weight excluding hydrogens is 382 g/mol. The van der Waals surface area contributed by atoms with Crippen molar-refractivity contribution in [1.29, 1.82) is 0 Å². The van der Waals surface area contributed by atoms with Crippen molar-refractivity contribution in [2.45, 2.75) is 33.1 Å². The summed E-state index contributed by atoms with van der Waals surface area (Å²) >= 11 is 1.59. The Hall–Kier alpha value is -2.86. The molecule has 3 rings (SSSR count). The predicted molar refractivity (Wildman–Crippen MR) is 122 cm³/mol. The number of ether oxygens (including phenoxy) is 2. The average molecular weight is 410 g/mol. The Morgan fingerprint density at radius 2 is 1.93 bits per heavy atom. The SMILES string of the molecule is CCCCCOc1ccc(/C=N/Nc2nc(-c3ccccc3)c(C)s2)cc1OC. The van der Waals surface area contributed by atoms with Crippen molar-refractivity contribution in [2.24, 2.45) is 5.10 Å². The first-order valence-electron chi connectivity index (χ1n) is 9.84. The number of nitrogens with one attached hydrogen (secondary N) is 1. The third kappa shape index (κ3) is 5.81. The van der Waals surface area contributed by atoms with Gasteiger partial charge in [0, 0.05) is 10.4 Å². The summed E-state index contributed by atoms with van der Waals surface area (Å²) < 4.78 is 11.3. The molecule has 2 aromatic carbocycles. The molecular formula is C23H27N3O2S. The molecule has 0 atom stereocenters. The normalized spacial score (nSPS) is 11.0. The minimum Gasteiger partial charge on any atom is -0.493 e. The number of hydrogen-bond donors (Lipinski definition) is 1. The lowest BCUT2D eigenvalue weighted by Crippen LogP contribution is -2.00. The summed E-state index contributed by atoms with van der Waals surface area (Å²) in [4.78, 5) is 5.81. The van der Waals surface area contributed by atoms with Gasteiger partial charge in [0.15, 0.2) is 11.5 Å². The lowest BCUT2D eigenvalue weighted by Gasteiger charge is -2.11. The molecule has 5 nitrogen and oxygen atoms in total. The monoisotopic (exact) mass is 409 g/mol. The van der Waals surface area contributed by atoms with E-state index in [1.165, 1.54) is 12.8 Å². The zero-order valence-electron chi connectivity index (χ0n) is 17.1. The molecule has 0 unspecified atom stereocenters. The zero-order valence-corrected chi connectivity index (χ0v) is 18.0. The highest BCUT2D eigenvalue weighted by atomic mass is 32.1. The van der Waals surface area contributed by atoms with Gasteiger partial charge < -0.3 is 9.47 Å². The number of rotatable bonds is 10. The number of hydrogen-bond acceptors (Lipinski definition) is 6. The van der Waals surface area contributed by atoms with Crippen LogP contribution in [-0.4, -0.2) is 24.9 Å². The number of aromatic nitrogens is 1. The van der Waals surface area contributed by atoms with Crippen molar-refractivity contribution >= 4 is 22.7 Å². The topological polar surface area (TPSA) is 55.7 Å². The van der Waals surface area contributed by atoms with Crippen molar-refractivity contribution in [2.75, 3.05) is 19.1 Å². The number of nitrogens with zero attached hydrogens (tertiary/aromatic N) is 2. The van der Waals surface area contributed by atoms with E-state index in [1.807, 2.05) is 36.4 Å². The zero-order chi connectivity index (χ0) is 20.5. The van der Waals surface area contributed by atoms with Crippen LogP contribution in [0.4, 0.5) is 5.13 Å². The van der Waals surface area contributed by atoms with Gasteiger partial charge in [-0.05, 0) is 37.1 Å². The number of unbranched alkanes of at least 4 members (excludes halogenated alkanes) is 2. The lowest BCUT2D eigenvalue weighted by molar-refractivity contribution is 0.286. The summed E-state index contributed by atoms with van der Waals surface area (Å²) in [6.07, 6.45) is 5.14. The number of benzene rings is 2. The molecule has 3 aromatic rings. The van der Waals surface area contributed by atoms with Gasteiger partial charge in [-0.25, -0.2) is 4.98 Å². The van der Waals surface area contributed by atoms with E-state index in [-0.39, 0.29) is 0 Å². The lowest BCUT2D eigenvalue weighted by atomic mass is 10.1. The van der Waals surface area contributed by atoms with Crippen molar-refractivity contribution in [3.8, 4) is 22.8 Å². The molecule has 152 valence electrons. The van der Waals surface area contributed by atoms with Gasteiger partial charge in [-0.15, -0.1) is 11.3 Å². The van der Waals surface area contributed by atoms with E-state index in [9.17, 15) is 0 Å². The quantitative estimate of drug-likeness (QED) is 0.248. The van der Waals surface area contributed by atoms with Crippen LogP contribution in [0.1, 0.15) is 36.6 Å². The first-order chi connectivity index (χ1) is 14.2. The fourth-order valence-electron chi connectivity index (χ4n) is 2.89. The summed E-state index contributed by atoms with van der Waals surface area (Å²) in [6.45, 7) is 4.95. The van der Waals surface area contributed by atoms with Gasteiger partial charge in [0.1, 0.15) is 0 Å². The molecule has 0 radical (unpaired) electrons. The van der Waals surface area contributed by atoms with Crippen LogP contribution in [0.3, 0.4) is 0 Å². The molecule has 0 aliphatic carbocycles. The Morgan fingerprint density at radius 1 is 1.10 bits per heavy atom. The molecule has 0 aliphatic rings. The van der Waals surface area contributed by atoms with Crippen molar-refractivity contribution in [3.05, 3.63) is 59.0 Å². The second-order valence-corrected chi connectivity index (χ2v) is 7.83. The molecule has 1 N–H and O–H groups in total. The maximum Gasteiger partial charge on any atom is 0.204 e. The van der Waals surface area contributed by atoms with E-state index in [0.29, 0.717) is 12.4 Å². The Bertz CT molecular complexity index is 939. The highest BCUT2D eigenvalue weighted by Crippen LogP contribution is 2.30. The average Bonchev–Trinajstić information content (AvgIpc) is 3.12. The van der Waals surface area contributed by atoms with E-state index in [2.05, 4.69) is 41.5 Å². The standard InChI is InChI=1S/C23H27N3O2S/c1-4-5-9-14-28-20-13-12-18(15-21(20)27-3)16-24-26-23-25-22(17(2)29-23)19-10-7-6-8-11-19/h6-8,10-13,15-16H,4-5,9,14H2,1-3H3,(H,25,26)/b24-16+. The third-order valence-corrected chi connectivity index (χ3v) is 5.29. The number of methoxy groups -OCH3 is 1. The number of hydrazone groups is 1. The summed E-state index contributed by atoms with van der Waals surface area (Å²) in [5.74, 6) is 1.47. The van der Waals surface area contributed by atoms with E-state index in [4.69, 9.17) is 9.47 Å². The van der Waals surface area contributed by atoms with Crippen molar-refractivity contribution in [1.82, 2.24) is 4.98 Å². The van der Waals surface area contributed by atoms with E-state index >= 15 is 0 Å². The van der Waals surface area contributed by atoms with Crippen molar-refractivity contribution < 1.29 is 9.47 Å². The van der Waals surface area contributed by atoms with Crippen LogP contribution in [0.25, 0.3) is 11.3 Å². The first kappa shape index (κ1) is 20.9. The minimum atomic E-state index is 0.701. The predicted octanol–water partition coefficient (Wildman–Crippen LogP) is 6.14. The van der Waals surface area contributed by atoms with Crippen LogP contribution in [0, 0.1) is 6.92 Å². The molecule has 0 aliphatic heterocycles. The molecule has 29 heavy (non-hydrogen) atoms. The van der Waals surface area contributed by atoms with Crippen LogP contribution in [0.5, 0.6) is 11.5 Å². The third-order valence-electron chi connectivity index (χ3n) is 4.41. The molecule has 0 spiro atoms. The van der Waals surface area contributed by atoms with Gasteiger partial charge in [0.05, 0.1) is 25.6 Å². The smallest absolute Gasteiger partial charge is 0.204 e. The van der Waals surface area contributed by atoms with Crippen molar-refractivity contribution in [3.63, 3.8) is 0 Å². The summed E-state index contributed by atoms with van der Waals surface area (Å²) in [6, 6.07) is 16.0. The highest BCUT2D eigenvalue weighted by molar-refractivity contribution is 7.15. The summed E-state index contributed by atoms with van der Waals surface area (Å²) in [5.41, 5.74) is 6.05. The van der Waals surface area contributed by atoms with Crippen LogP contribution in [-0.2, 0) is 0 Å². The fraction of sp³-hybridized carbons (Fsp3) is 0.304. The molecule has 6 heteroatoms. The Morgan fingerprint density at radius 3 is 2.69 bits per heavy atom. The first-order valence-corrected chi connectivity index (χ1v) is 10.7. The summed E-state index contributed by atoms with van der Waals surface area (Å²) in [7, 11) is 1.65. The van der Waals surface area contributed by atoms with Gasteiger partial charge in [0.2, 0.25) is 5.13 Å². The second-order valence-electron chi connectivity index (χ2n) is 6.63. The van der Waals surface area contributed by atoms with Gasteiger partial charge in [-0.2, -0.15) is 5.10 Å². The molecule has 0 fully saturated rings. The van der Waals surface area contributed by atoms with Crippen LogP contribution >= 0.6 is 11.3 Å². The van der Waals surface area contributed by atoms with Gasteiger partial charge in [-0.1, -0.05) is 50.1 Å². The maximum absolute atomic E-state index is 5.82. The fourth-order valence-corrected chi connectivity index (χ4v) is 3.67. The van der Waals surface area contributed by atoms with Gasteiger partial charge in [-0.3, -0.25) is 5.43 Å². The van der Waals surface area contributed by atoms with Crippen LogP contribution in [0.2, 0.25) is 0 Å². The Kier molecular flexibility index (Phi) is 7.64. The van der Waals surface area contributed by atoms with Gasteiger partial charge in [0.25, 0.3) is 0 Å². The molecule has 0 saturated heterocycles. The molecule has 0 bridgehead atoms. The minimum absolute atomic E-state index is 0.701. The number of anilines is 1. The Balaban J connectivity index is 1.63. The molecule has 1 aromatic heterocycles. The number of thiazole rings is 1. The highest BCUT2D eigenvalue weighted by Gasteiger charge is 2.09. The molecule has 1 heterocycles. The largest absolute Gasteiger partial charge is 0.493 e. The van der Waals surface area contributed by atoms with E-state index < -0.39 is 0 Å². The maximum atomic E-state index is 5.82. The van der Waals surface area contributed by atoms with Crippen LogP contribution < -0.4 is 14.9 Å². The van der Waals surface area contributed by atoms with E-state index in [1.54, 1.807) is 24.7 Å². The summed E-state index contributed by atoms with van der Waals surface area (Å²) in [5, 5.41) is 5.09. The van der Waals surface area contributed by atoms with E-state index in [0.717, 1.165) is 39.0 Å².